The summed E-state index contributed by atoms with van der Waals surface area (Å²) in [6.07, 6.45) is 2.77. The first-order valence-electron chi connectivity index (χ1n) is 7.94. The monoisotopic (exact) mass is 297 g/mol. The molecule has 6 nitrogen and oxygen atoms in total. The molecule has 120 valence electrons. The molecule has 2 fully saturated rings. The van der Waals surface area contributed by atoms with Gasteiger partial charge in [-0.15, -0.1) is 0 Å². The first-order valence-corrected chi connectivity index (χ1v) is 7.94. The number of aliphatic carboxylic acids is 1. The molecule has 2 rings (SSSR count). The molecule has 0 spiro atoms. The maximum atomic E-state index is 12.8. The number of nitrogens with zero attached hydrogens (tertiary/aromatic N) is 3. The van der Waals surface area contributed by atoms with Gasteiger partial charge in [0.15, 0.2) is 0 Å². The fourth-order valence-corrected chi connectivity index (χ4v) is 3.52. The Morgan fingerprint density at radius 2 is 1.95 bits per heavy atom. The van der Waals surface area contributed by atoms with E-state index in [1.54, 1.807) is 4.90 Å². The van der Waals surface area contributed by atoms with E-state index in [1.165, 1.54) is 0 Å². The molecule has 0 aromatic heterocycles. The van der Waals surface area contributed by atoms with Crippen LogP contribution in [-0.2, 0) is 4.79 Å². The number of carbonyl (C=O) groups is 2. The number of carboxylic acid groups (broad SMARTS) is 1. The van der Waals surface area contributed by atoms with E-state index in [4.69, 9.17) is 0 Å². The minimum absolute atomic E-state index is 0.0228. The minimum Gasteiger partial charge on any atom is -0.480 e. The number of piperidine rings is 1. The minimum atomic E-state index is -0.878. The van der Waals surface area contributed by atoms with Crippen molar-refractivity contribution in [1.29, 1.82) is 0 Å². The number of carboxylic acids is 1. The molecule has 3 atom stereocenters. The van der Waals surface area contributed by atoms with Crippen LogP contribution in [0.3, 0.4) is 0 Å². The molecule has 21 heavy (non-hydrogen) atoms. The van der Waals surface area contributed by atoms with E-state index in [-0.39, 0.29) is 11.9 Å². The van der Waals surface area contributed by atoms with Gasteiger partial charge in [-0.3, -0.25) is 4.90 Å². The van der Waals surface area contributed by atoms with Crippen molar-refractivity contribution < 1.29 is 14.7 Å². The Kier molecular flexibility index (Phi) is 5.08. The van der Waals surface area contributed by atoms with Crippen LogP contribution in [0.25, 0.3) is 0 Å². The molecule has 0 saturated carbocycles. The van der Waals surface area contributed by atoms with E-state index in [1.807, 2.05) is 11.8 Å². The van der Waals surface area contributed by atoms with Crippen molar-refractivity contribution in [2.75, 3.05) is 33.2 Å². The second-order valence-corrected chi connectivity index (χ2v) is 6.37. The summed E-state index contributed by atoms with van der Waals surface area (Å²) in [4.78, 5) is 30.0. The Hall–Kier alpha value is -1.30. The largest absolute Gasteiger partial charge is 0.480 e. The Bertz CT molecular complexity index is 402. The van der Waals surface area contributed by atoms with Gasteiger partial charge in [0.05, 0.1) is 0 Å². The first-order chi connectivity index (χ1) is 9.95. The second-order valence-electron chi connectivity index (χ2n) is 6.37. The van der Waals surface area contributed by atoms with Crippen LogP contribution < -0.4 is 0 Å². The van der Waals surface area contributed by atoms with Crippen molar-refractivity contribution in [3.05, 3.63) is 0 Å². The fraction of sp³-hybridized carbons (Fsp3) is 0.867. The van der Waals surface area contributed by atoms with Crippen LogP contribution in [0.15, 0.2) is 0 Å². The number of piperazine rings is 1. The number of hydrogen-bond acceptors (Lipinski definition) is 3. The van der Waals surface area contributed by atoms with Crippen molar-refractivity contribution in [1.82, 2.24) is 14.7 Å². The van der Waals surface area contributed by atoms with E-state index in [9.17, 15) is 14.7 Å². The molecule has 0 radical (unpaired) electrons. The third-order valence-electron chi connectivity index (χ3n) is 4.95. The van der Waals surface area contributed by atoms with Gasteiger partial charge in [-0.25, -0.2) is 9.59 Å². The molecule has 2 saturated heterocycles. The molecule has 0 aromatic carbocycles. The number of urea groups is 1. The quantitative estimate of drug-likeness (QED) is 0.835. The maximum Gasteiger partial charge on any atom is 0.326 e. The lowest BCUT2D eigenvalue weighted by atomic mass is 9.91. The summed E-state index contributed by atoms with van der Waals surface area (Å²) in [5, 5.41) is 9.45. The van der Waals surface area contributed by atoms with Crippen molar-refractivity contribution in [3.63, 3.8) is 0 Å². The highest BCUT2D eigenvalue weighted by atomic mass is 16.4. The van der Waals surface area contributed by atoms with Gasteiger partial charge in [0.2, 0.25) is 0 Å². The van der Waals surface area contributed by atoms with Crippen molar-refractivity contribution in [2.24, 2.45) is 5.92 Å². The van der Waals surface area contributed by atoms with Crippen LogP contribution in [0, 0.1) is 5.92 Å². The van der Waals surface area contributed by atoms with Gasteiger partial charge < -0.3 is 14.9 Å². The molecule has 0 aromatic rings. The molecule has 1 N–H and O–H groups in total. The normalized spacial score (nSPS) is 31.3. The average Bonchev–Trinajstić information content (AvgIpc) is 2.46. The molecule has 3 unspecified atom stereocenters. The lowest BCUT2D eigenvalue weighted by molar-refractivity contribution is -0.145. The van der Waals surface area contributed by atoms with E-state index in [0.29, 0.717) is 25.7 Å². The zero-order chi connectivity index (χ0) is 15.6. The van der Waals surface area contributed by atoms with Crippen LogP contribution in [0.2, 0.25) is 0 Å². The van der Waals surface area contributed by atoms with Crippen LogP contribution in [0.1, 0.15) is 33.1 Å². The molecule has 2 aliphatic heterocycles. The van der Waals surface area contributed by atoms with E-state index in [0.717, 1.165) is 25.8 Å². The average molecular weight is 297 g/mol. The summed E-state index contributed by atoms with van der Waals surface area (Å²) in [7, 11) is 2.08. The fourth-order valence-electron chi connectivity index (χ4n) is 3.52. The number of amides is 2. The molecule has 6 heteroatoms. The standard InChI is InChI=1S/C15H27N3O3/c1-4-12-10-17(9-8-16(12)3)15(21)18-7-5-6-11(2)13(18)14(19)20/h11-13H,4-10H2,1-3H3,(H,19,20). The highest BCUT2D eigenvalue weighted by molar-refractivity contribution is 5.83. The molecule has 2 aliphatic rings. The number of likely N-dealkylation sites (tertiary alicyclic amines) is 1. The van der Waals surface area contributed by atoms with Gasteiger partial charge in [-0.2, -0.15) is 0 Å². The highest BCUT2D eigenvalue weighted by Gasteiger charge is 2.39. The summed E-state index contributed by atoms with van der Waals surface area (Å²) in [5.74, 6) is -0.855. The molecule has 2 amide bonds. The van der Waals surface area contributed by atoms with Crippen LogP contribution in [0.5, 0.6) is 0 Å². The predicted octanol–water partition coefficient (Wildman–Crippen LogP) is 1.32. The summed E-state index contributed by atoms with van der Waals surface area (Å²) in [6, 6.07) is -0.403. The Morgan fingerprint density at radius 1 is 1.24 bits per heavy atom. The molecule has 2 heterocycles. The SMILES string of the molecule is CCC1CN(C(=O)N2CCCC(C)C2C(=O)O)CCN1C. The van der Waals surface area contributed by atoms with Gasteiger partial charge in [0.1, 0.15) is 6.04 Å². The molecular weight excluding hydrogens is 270 g/mol. The highest BCUT2D eigenvalue weighted by Crippen LogP contribution is 2.25. The number of hydrogen-bond donors (Lipinski definition) is 1. The van der Waals surface area contributed by atoms with Gasteiger partial charge in [0.25, 0.3) is 0 Å². The van der Waals surface area contributed by atoms with Crippen LogP contribution in [-0.4, -0.2) is 77.1 Å². The lowest BCUT2D eigenvalue weighted by Crippen LogP contribution is -2.60. The summed E-state index contributed by atoms with van der Waals surface area (Å²) >= 11 is 0. The Balaban J connectivity index is 2.09. The maximum absolute atomic E-state index is 12.8. The Morgan fingerprint density at radius 3 is 2.57 bits per heavy atom. The number of likely N-dealkylation sites (N-methyl/N-ethyl adjacent to an activating group) is 1. The van der Waals surface area contributed by atoms with Crippen LogP contribution in [0.4, 0.5) is 4.79 Å². The van der Waals surface area contributed by atoms with Crippen molar-refractivity contribution in [3.8, 4) is 0 Å². The smallest absolute Gasteiger partial charge is 0.326 e. The predicted molar refractivity (Wildman–Crippen MR) is 80.2 cm³/mol. The first kappa shape index (κ1) is 16.1. The molecule has 0 bridgehead atoms. The van der Waals surface area contributed by atoms with E-state index < -0.39 is 12.0 Å². The summed E-state index contributed by atoms with van der Waals surface area (Å²) in [5.41, 5.74) is 0. The molecule has 0 aliphatic carbocycles. The van der Waals surface area contributed by atoms with Gasteiger partial charge >= 0.3 is 12.0 Å². The van der Waals surface area contributed by atoms with Crippen LogP contribution >= 0.6 is 0 Å². The third kappa shape index (κ3) is 3.31. The van der Waals surface area contributed by atoms with Crippen molar-refractivity contribution >= 4 is 12.0 Å². The lowest BCUT2D eigenvalue weighted by Gasteiger charge is -2.44. The van der Waals surface area contributed by atoms with Gasteiger partial charge in [0, 0.05) is 32.2 Å². The summed E-state index contributed by atoms with van der Waals surface area (Å²) < 4.78 is 0. The zero-order valence-corrected chi connectivity index (χ0v) is 13.3. The third-order valence-corrected chi connectivity index (χ3v) is 4.95. The second kappa shape index (κ2) is 6.64. The number of carbonyl (C=O) groups excluding carboxylic acids is 1. The number of rotatable bonds is 2. The Labute approximate surface area is 126 Å². The zero-order valence-electron chi connectivity index (χ0n) is 13.3. The molecular formula is C15H27N3O3. The topological polar surface area (TPSA) is 64.1 Å². The van der Waals surface area contributed by atoms with E-state index in [2.05, 4.69) is 18.9 Å². The van der Waals surface area contributed by atoms with Crippen molar-refractivity contribution in [2.45, 2.75) is 45.2 Å². The van der Waals surface area contributed by atoms with Gasteiger partial charge in [-0.1, -0.05) is 13.8 Å². The van der Waals surface area contributed by atoms with E-state index >= 15 is 0 Å². The van der Waals surface area contributed by atoms with Gasteiger partial charge in [-0.05, 0) is 32.2 Å². The summed E-state index contributed by atoms with van der Waals surface area (Å²) in [6.45, 7) is 6.84.